The van der Waals surface area contributed by atoms with Crippen molar-refractivity contribution in [3.8, 4) is 0 Å². The molecular weight excluding hydrogens is 378 g/mol. The number of hydrogen-bond donors (Lipinski definition) is 3. The van der Waals surface area contributed by atoms with Crippen LogP contribution in [0.1, 0.15) is 34.3 Å². The quantitative estimate of drug-likeness (QED) is 0.655. The SMILES string of the molecule is O=C(NCC(O)CN1CCc2ccccc2C1)c1cccc(NC2CCCOC2)c1. The fourth-order valence-electron chi connectivity index (χ4n) is 4.23. The molecule has 2 unspecified atom stereocenters. The summed E-state index contributed by atoms with van der Waals surface area (Å²) in [7, 11) is 0. The average molecular weight is 410 g/mol. The largest absolute Gasteiger partial charge is 0.390 e. The molecule has 160 valence electrons. The Hall–Kier alpha value is -2.41. The van der Waals surface area contributed by atoms with Crippen molar-refractivity contribution >= 4 is 11.6 Å². The van der Waals surface area contributed by atoms with E-state index in [4.69, 9.17) is 4.74 Å². The third-order valence-corrected chi connectivity index (χ3v) is 5.83. The van der Waals surface area contributed by atoms with Crippen molar-refractivity contribution < 1.29 is 14.6 Å². The van der Waals surface area contributed by atoms with Gasteiger partial charge >= 0.3 is 0 Å². The first kappa shape index (κ1) is 20.8. The number of aliphatic hydroxyl groups is 1. The zero-order chi connectivity index (χ0) is 20.8. The summed E-state index contributed by atoms with van der Waals surface area (Å²) in [5.74, 6) is -0.165. The molecule has 0 radical (unpaired) electrons. The van der Waals surface area contributed by atoms with Crippen molar-refractivity contribution in [3.05, 3.63) is 65.2 Å². The number of fused-ring (bicyclic) bond motifs is 1. The van der Waals surface area contributed by atoms with Crippen molar-refractivity contribution in [1.29, 1.82) is 0 Å². The summed E-state index contributed by atoms with van der Waals surface area (Å²) in [6.45, 7) is 4.10. The third kappa shape index (κ3) is 5.59. The fraction of sp³-hybridized carbons (Fsp3) is 0.458. The first-order valence-electron chi connectivity index (χ1n) is 10.9. The number of amides is 1. The van der Waals surface area contributed by atoms with Crippen molar-refractivity contribution in [2.45, 2.75) is 38.0 Å². The van der Waals surface area contributed by atoms with Crippen LogP contribution in [0.4, 0.5) is 5.69 Å². The number of aliphatic hydroxyl groups excluding tert-OH is 1. The number of nitrogens with zero attached hydrogens (tertiary/aromatic N) is 1. The molecule has 2 aliphatic heterocycles. The number of carbonyl (C=O) groups is 1. The standard InChI is InChI=1S/C24H31N3O3/c28-23(16-27-11-10-18-5-1-2-6-20(18)15-27)14-25-24(29)19-7-3-8-21(13-19)26-22-9-4-12-30-17-22/h1-3,5-8,13,22-23,26,28H,4,9-12,14-17H2,(H,25,29). The van der Waals surface area contributed by atoms with E-state index >= 15 is 0 Å². The molecule has 6 heteroatoms. The molecule has 0 bridgehead atoms. The van der Waals surface area contributed by atoms with E-state index in [0.29, 0.717) is 18.7 Å². The van der Waals surface area contributed by atoms with Crippen LogP contribution < -0.4 is 10.6 Å². The van der Waals surface area contributed by atoms with Crippen LogP contribution in [0.15, 0.2) is 48.5 Å². The van der Waals surface area contributed by atoms with Gasteiger partial charge in [0.25, 0.3) is 5.91 Å². The molecule has 0 spiro atoms. The second-order valence-electron chi connectivity index (χ2n) is 8.26. The maximum atomic E-state index is 12.6. The number of nitrogens with one attached hydrogen (secondary N) is 2. The van der Waals surface area contributed by atoms with E-state index in [9.17, 15) is 9.90 Å². The summed E-state index contributed by atoms with van der Waals surface area (Å²) in [4.78, 5) is 14.8. The van der Waals surface area contributed by atoms with Gasteiger partial charge in [-0.1, -0.05) is 30.3 Å². The highest BCUT2D eigenvalue weighted by Gasteiger charge is 2.19. The minimum atomic E-state index is -0.597. The van der Waals surface area contributed by atoms with Crippen molar-refractivity contribution in [2.24, 2.45) is 0 Å². The lowest BCUT2D eigenvalue weighted by molar-refractivity contribution is 0.0841. The molecule has 2 aromatic carbocycles. The highest BCUT2D eigenvalue weighted by atomic mass is 16.5. The Morgan fingerprint density at radius 1 is 1.20 bits per heavy atom. The molecule has 6 nitrogen and oxygen atoms in total. The number of rotatable bonds is 7. The van der Waals surface area contributed by atoms with E-state index in [1.165, 1.54) is 11.1 Å². The molecule has 1 fully saturated rings. The van der Waals surface area contributed by atoms with Gasteiger partial charge in [-0.05, 0) is 48.6 Å². The maximum absolute atomic E-state index is 12.6. The molecular formula is C24H31N3O3. The highest BCUT2D eigenvalue weighted by Crippen LogP contribution is 2.19. The summed E-state index contributed by atoms with van der Waals surface area (Å²) in [5.41, 5.74) is 4.24. The smallest absolute Gasteiger partial charge is 0.251 e. The Labute approximate surface area is 178 Å². The number of anilines is 1. The Balaban J connectivity index is 1.24. The summed E-state index contributed by atoms with van der Waals surface area (Å²) < 4.78 is 5.51. The van der Waals surface area contributed by atoms with Gasteiger partial charge in [-0.25, -0.2) is 0 Å². The Morgan fingerprint density at radius 2 is 2.07 bits per heavy atom. The number of benzene rings is 2. The number of β-amino-alcohol motifs (C(OH)–C–C–N with tert-alkyl or cyclic N) is 1. The molecule has 30 heavy (non-hydrogen) atoms. The van der Waals surface area contributed by atoms with E-state index < -0.39 is 6.10 Å². The lowest BCUT2D eigenvalue weighted by atomic mass is 10.00. The monoisotopic (exact) mass is 409 g/mol. The van der Waals surface area contributed by atoms with Crippen molar-refractivity contribution in [2.75, 3.05) is 38.2 Å². The average Bonchev–Trinajstić information content (AvgIpc) is 2.78. The van der Waals surface area contributed by atoms with E-state index in [-0.39, 0.29) is 18.5 Å². The molecule has 2 atom stereocenters. The van der Waals surface area contributed by atoms with Crippen LogP contribution in [-0.2, 0) is 17.7 Å². The van der Waals surface area contributed by atoms with E-state index in [1.807, 2.05) is 18.2 Å². The van der Waals surface area contributed by atoms with Crippen LogP contribution in [0.5, 0.6) is 0 Å². The van der Waals surface area contributed by atoms with Crippen LogP contribution in [0.3, 0.4) is 0 Å². The Kier molecular flexibility index (Phi) is 7.00. The molecule has 1 saturated heterocycles. The van der Waals surface area contributed by atoms with Gasteiger partial charge in [-0.15, -0.1) is 0 Å². The Morgan fingerprint density at radius 3 is 2.90 bits per heavy atom. The second-order valence-corrected chi connectivity index (χ2v) is 8.26. The molecule has 0 aromatic heterocycles. The van der Waals surface area contributed by atoms with Gasteiger partial charge < -0.3 is 20.5 Å². The van der Waals surface area contributed by atoms with Crippen LogP contribution in [-0.4, -0.2) is 60.9 Å². The fourth-order valence-corrected chi connectivity index (χ4v) is 4.23. The number of hydrogen-bond acceptors (Lipinski definition) is 5. The zero-order valence-corrected chi connectivity index (χ0v) is 17.3. The van der Waals surface area contributed by atoms with Gasteiger partial charge in [0.2, 0.25) is 0 Å². The van der Waals surface area contributed by atoms with Gasteiger partial charge in [-0.3, -0.25) is 9.69 Å². The highest BCUT2D eigenvalue weighted by molar-refractivity contribution is 5.95. The van der Waals surface area contributed by atoms with Gasteiger partial charge in [0.1, 0.15) is 0 Å². The third-order valence-electron chi connectivity index (χ3n) is 5.83. The van der Waals surface area contributed by atoms with Gasteiger partial charge in [0.05, 0.1) is 12.7 Å². The predicted octanol–water partition coefficient (Wildman–Crippen LogP) is 2.43. The lowest BCUT2D eigenvalue weighted by Crippen LogP contribution is -2.42. The lowest BCUT2D eigenvalue weighted by Gasteiger charge is -2.30. The minimum Gasteiger partial charge on any atom is -0.390 e. The molecule has 2 aromatic rings. The van der Waals surface area contributed by atoms with E-state index in [2.05, 4.69) is 39.8 Å². The first-order chi connectivity index (χ1) is 14.7. The minimum absolute atomic E-state index is 0.165. The van der Waals surface area contributed by atoms with Gasteiger partial charge in [0, 0.05) is 50.1 Å². The normalized spacial score (nSPS) is 20.2. The first-order valence-corrected chi connectivity index (χ1v) is 10.9. The second kappa shape index (κ2) is 10.1. The predicted molar refractivity (Wildman–Crippen MR) is 118 cm³/mol. The van der Waals surface area contributed by atoms with Crippen molar-refractivity contribution in [3.63, 3.8) is 0 Å². The molecule has 2 aliphatic rings. The van der Waals surface area contributed by atoms with Crippen LogP contribution >= 0.6 is 0 Å². The van der Waals surface area contributed by atoms with E-state index in [0.717, 1.165) is 44.6 Å². The summed E-state index contributed by atoms with van der Waals surface area (Å²) >= 11 is 0. The van der Waals surface area contributed by atoms with Crippen LogP contribution in [0.2, 0.25) is 0 Å². The molecule has 1 amide bonds. The van der Waals surface area contributed by atoms with Gasteiger partial charge in [-0.2, -0.15) is 0 Å². The van der Waals surface area contributed by atoms with E-state index in [1.54, 1.807) is 6.07 Å². The molecule has 0 aliphatic carbocycles. The summed E-state index contributed by atoms with van der Waals surface area (Å²) in [5, 5.41) is 16.7. The molecule has 3 N–H and O–H groups in total. The van der Waals surface area contributed by atoms with Gasteiger partial charge in [0.15, 0.2) is 0 Å². The summed E-state index contributed by atoms with van der Waals surface area (Å²) in [6.07, 6.45) is 2.53. The van der Waals surface area contributed by atoms with Crippen molar-refractivity contribution in [1.82, 2.24) is 10.2 Å². The summed E-state index contributed by atoms with van der Waals surface area (Å²) in [6, 6.07) is 16.2. The molecule has 4 rings (SSSR count). The number of ether oxygens (including phenoxy) is 1. The molecule has 0 saturated carbocycles. The number of carbonyl (C=O) groups excluding carboxylic acids is 1. The Bertz CT molecular complexity index is 851. The van der Waals surface area contributed by atoms with Crippen LogP contribution in [0.25, 0.3) is 0 Å². The van der Waals surface area contributed by atoms with Crippen LogP contribution in [0, 0.1) is 0 Å². The molecule has 2 heterocycles. The topological polar surface area (TPSA) is 73.8 Å². The maximum Gasteiger partial charge on any atom is 0.251 e. The zero-order valence-electron chi connectivity index (χ0n) is 17.3.